The number of ether oxygens (including phenoxy) is 1. The fourth-order valence-electron chi connectivity index (χ4n) is 1.42. The molecule has 96 valence electrons. The number of benzene rings is 1. The van der Waals surface area contributed by atoms with Crippen LogP contribution in [0.4, 0.5) is 13.2 Å². The van der Waals surface area contributed by atoms with Crippen molar-refractivity contribution in [1.82, 2.24) is 0 Å². The van der Waals surface area contributed by atoms with E-state index in [-0.39, 0.29) is 0 Å². The zero-order valence-electron chi connectivity index (χ0n) is 9.17. The van der Waals surface area contributed by atoms with E-state index in [0.717, 1.165) is 0 Å². The molecule has 2 N–H and O–H groups in total. The van der Waals surface area contributed by atoms with Gasteiger partial charge in [-0.25, -0.2) is 0 Å². The second-order valence-corrected chi connectivity index (χ2v) is 4.20. The Kier molecular flexibility index (Phi) is 4.80. The Morgan fingerprint density at radius 3 is 2.53 bits per heavy atom. The monoisotopic (exact) mass is 267 g/mol. The maximum Gasteiger partial charge on any atom is 0.411 e. The summed E-state index contributed by atoms with van der Waals surface area (Å²) in [5.41, 5.74) is 6.15. The highest BCUT2D eigenvalue weighted by Crippen LogP contribution is 2.26. The van der Waals surface area contributed by atoms with E-state index in [0.29, 0.717) is 10.6 Å². The molecular weight excluding hydrogens is 255 g/mol. The van der Waals surface area contributed by atoms with Crippen LogP contribution in [0.1, 0.15) is 18.6 Å². The molecule has 0 heterocycles. The highest BCUT2D eigenvalue weighted by Gasteiger charge is 2.30. The van der Waals surface area contributed by atoms with Crippen molar-refractivity contribution >= 4 is 11.6 Å². The third-order valence-corrected chi connectivity index (χ3v) is 2.32. The zero-order chi connectivity index (χ0) is 13.1. The molecule has 0 spiro atoms. The average Bonchev–Trinajstić information content (AvgIpc) is 2.15. The first kappa shape index (κ1) is 14.3. The third-order valence-electron chi connectivity index (χ3n) is 2.08. The first-order chi connectivity index (χ1) is 7.79. The van der Waals surface area contributed by atoms with Crippen LogP contribution in [-0.4, -0.2) is 18.8 Å². The Morgan fingerprint density at radius 1 is 1.41 bits per heavy atom. The Morgan fingerprint density at radius 2 is 2.06 bits per heavy atom. The Balaban J connectivity index is 2.79. The number of hydrogen-bond acceptors (Lipinski definition) is 2. The van der Waals surface area contributed by atoms with E-state index in [4.69, 9.17) is 22.1 Å². The van der Waals surface area contributed by atoms with E-state index >= 15 is 0 Å². The summed E-state index contributed by atoms with van der Waals surface area (Å²) in [6.45, 7) is 0.258. The van der Waals surface area contributed by atoms with Crippen molar-refractivity contribution in [3.63, 3.8) is 0 Å². The van der Waals surface area contributed by atoms with Crippen LogP contribution in [0.15, 0.2) is 24.3 Å². The molecule has 2 nitrogen and oxygen atoms in total. The van der Waals surface area contributed by atoms with Crippen LogP contribution in [0.3, 0.4) is 0 Å². The van der Waals surface area contributed by atoms with Crippen LogP contribution in [0, 0.1) is 0 Å². The smallest absolute Gasteiger partial charge is 0.362 e. The Hall–Kier alpha value is -0.780. The van der Waals surface area contributed by atoms with Crippen molar-refractivity contribution < 1.29 is 17.9 Å². The van der Waals surface area contributed by atoms with Crippen LogP contribution in [0.25, 0.3) is 0 Å². The van der Waals surface area contributed by atoms with Crippen molar-refractivity contribution in [2.24, 2.45) is 5.73 Å². The number of halogens is 4. The van der Waals surface area contributed by atoms with Crippen LogP contribution < -0.4 is 5.73 Å². The molecule has 0 bridgehead atoms. The molecule has 0 aliphatic rings. The van der Waals surface area contributed by atoms with E-state index in [9.17, 15) is 13.2 Å². The minimum Gasteiger partial charge on any atom is -0.362 e. The fraction of sp³-hybridized carbons (Fsp3) is 0.455. The van der Waals surface area contributed by atoms with Gasteiger partial charge in [-0.15, -0.1) is 0 Å². The molecule has 2 atom stereocenters. The second kappa shape index (κ2) is 5.71. The van der Waals surface area contributed by atoms with Crippen molar-refractivity contribution in [3.8, 4) is 0 Å². The van der Waals surface area contributed by atoms with Gasteiger partial charge in [-0.2, -0.15) is 13.2 Å². The molecule has 1 rings (SSSR count). The summed E-state index contributed by atoms with van der Waals surface area (Å²) in [4.78, 5) is 0. The minimum absolute atomic E-state index is 0.434. The largest absolute Gasteiger partial charge is 0.411 e. The lowest BCUT2D eigenvalue weighted by Crippen LogP contribution is -2.30. The van der Waals surface area contributed by atoms with E-state index in [1.807, 2.05) is 0 Å². The maximum absolute atomic E-state index is 12.1. The Labute approximate surface area is 103 Å². The van der Waals surface area contributed by atoms with Crippen LogP contribution in [-0.2, 0) is 4.74 Å². The van der Waals surface area contributed by atoms with Gasteiger partial charge in [0.2, 0.25) is 0 Å². The number of rotatable bonds is 4. The maximum atomic E-state index is 12.1. The van der Waals surface area contributed by atoms with Gasteiger partial charge in [-0.05, 0) is 24.6 Å². The van der Waals surface area contributed by atoms with Crippen LogP contribution in [0.2, 0.25) is 5.02 Å². The molecule has 0 saturated heterocycles. The lowest BCUT2D eigenvalue weighted by atomic mass is 10.0. The molecule has 0 aliphatic heterocycles. The van der Waals surface area contributed by atoms with Gasteiger partial charge in [-0.1, -0.05) is 23.7 Å². The van der Waals surface area contributed by atoms with Crippen LogP contribution in [0.5, 0.6) is 0 Å². The number of alkyl halides is 3. The molecule has 0 fully saturated rings. The molecule has 0 radical (unpaired) electrons. The second-order valence-electron chi connectivity index (χ2n) is 3.76. The van der Waals surface area contributed by atoms with Gasteiger partial charge in [-0.3, -0.25) is 0 Å². The topological polar surface area (TPSA) is 35.2 Å². The van der Waals surface area contributed by atoms with E-state index < -0.39 is 24.9 Å². The van der Waals surface area contributed by atoms with Gasteiger partial charge in [0.15, 0.2) is 0 Å². The highest BCUT2D eigenvalue weighted by atomic mass is 35.5. The molecule has 1 aromatic rings. The standard InChI is InChI=1S/C11H13ClF3NO/c1-7(16)10(17-6-11(13,14)15)8-3-2-4-9(12)5-8/h2-5,7,10H,6,16H2,1H3. The molecule has 17 heavy (non-hydrogen) atoms. The number of nitrogens with two attached hydrogens (primary N) is 1. The van der Waals surface area contributed by atoms with Gasteiger partial charge in [0.1, 0.15) is 6.61 Å². The normalized spacial score (nSPS) is 15.6. The van der Waals surface area contributed by atoms with E-state index in [2.05, 4.69) is 0 Å². The van der Waals surface area contributed by atoms with Gasteiger partial charge < -0.3 is 10.5 Å². The summed E-state index contributed by atoms with van der Waals surface area (Å²) >= 11 is 5.77. The molecular formula is C11H13ClF3NO. The summed E-state index contributed by atoms with van der Waals surface area (Å²) in [5.74, 6) is 0. The summed E-state index contributed by atoms with van der Waals surface area (Å²) in [7, 11) is 0. The van der Waals surface area contributed by atoms with Crippen molar-refractivity contribution in [3.05, 3.63) is 34.9 Å². The zero-order valence-corrected chi connectivity index (χ0v) is 9.92. The fourth-order valence-corrected chi connectivity index (χ4v) is 1.62. The quantitative estimate of drug-likeness (QED) is 0.908. The average molecular weight is 268 g/mol. The lowest BCUT2D eigenvalue weighted by molar-refractivity contribution is -0.187. The number of hydrogen-bond donors (Lipinski definition) is 1. The molecule has 0 amide bonds. The molecule has 0 aliphatic carbocycles. The first-order valence-corrected chi connectivity index (χ1v) is 5.37. The highest BCUT2D eigenvalue weighted by molar-refractivity contribution is 6.30. The van der Waals surface area contributed by atoms with Crippen LogP contribution >= 0.6 is 11.6 Å². The first-order valence-electron chi connectivity index (χ1n) is 4.99. The van der Waals surface area contributed by atoms with E-state index in [1.165, 1.54) is 0 Å². The molecule has 6 heteroatoms. The predicted molar refractivity (Wildman–Crippen MR) is 59.8 cm³/mol. The third kappa shape index (κ3) is 4.93. The van der Waals surface area contributed by atoms with Gasteiger partial charge in [0.25, 0.3) is 0 Å². The minimum atomic E-state index is -4.37. The van der Waals surface area contributed by atoms with Crippen molar-refractivity contribution in [2.45, 2.75) is 25.2 Å². The summed E-state index contributed by atoms with van der Waals surface area (Å²) < 4.78 is 41.0. The Bertz CT molecular complexity index is 368. The lowest BCUT2D eigenvalue weighted by Gasteiger charge is -2.22. The molecule has 1 aromatic carbocycles. The summed E-state index contributed by atoms with van der Waals surface area (Å²) in [6, 6.07) is 5.90. The molecule has 0 saturated carbocycles. The summed E-state index contributed by atoms with van der Waals surface area (Å²) in [5, 5.41) is 0.434. The molecule has 2 unspecified atom stereocenters. The molecule has 0 aromatic heterocycles. The SMILES string of the molecule is CC(N)C(OCC(F)(F)F)c1cccc(Cl)c1. The van der Waals surface area contributed by atoms with Gasteiger partial charge >= 0.3 is 6.18 Å². The summed E-state index contributed by atoms with van der Waals surface area (Å²) in [6.07, 6.45) is -5.19. The van der Waals surface area contributed by atoms with E-state index in [1.54, 1.807) is 31.2 Å². The van der Waals surface area contributed by atoms with Gasteiger partial charge in [0.05, 0.1) is 6.10 Å². The predicted octanol–water partition coefficient (Wildman–Crippen LogP) is 3.31. The van der Waals surface area contributed by atoms with Crippen molar-refractivity contribution in [2.75, 3.05) is 6.61 Å². The van der Waals surface area contributed by atoms with Crippen molar-refractivity contribution in [1.29, 1.82) is 0 Å². The van der Waals surface area contributed by atoms with Gasteiger partial charge in [0, 0.05) is 11.1 Å².